The summed E-state index contributed by atoms with van der Waals surface area (Å²) in [6.07, 6.45) is -7.70. The molecule has 2 aromatic heterocycles. The van der Waals surface area contributed by atoms with Crippen molar-refractivity contribution in [3.63, 3.8) is 0 Å². The number of nitrogens with zero attached hydrogens (tertiary/aromatic N) is 3. The smallest absolute Gasteiger partial charge is 0.452 e. The highest BCUT2D eigenvalue weighted by Crippen LogP contribution is 2.27. The van der Waals surface area contributed by atoms with E-state index in [-0.39, 0.29) is 23.1 Å². The normalized spacial score (nSPS) is 12.2. The van der Waals surface area contributed by atoms with Gasteiger partial charge in [-0.1, -0.05) is 0 Å². The van der Waals surface area contributed by atoms with Gasteiger partial charge in [0.15, 0.2) is 0 Å². The molecule has 0 aliphatic rings. The summed E-state index contributed by atoms with van der Waals surface area (Å²) < 4.78 is 83.0. The molecule has 0 spiro atoms. The minimum atomic E-state index is -4.83. The Morgan fingerprint density at radius 1 is 1.00 bits per heavy atom. The van der Waals surface area contributed by atoms with Crippen molar-refractivity contribution in [1.82, 2.24) is 15.0 Å². The van der Waals surface area contributed by atoms with E-state index in [0.717, 1.165) is 30.6 Å². The predicted octanol–water partition coefficient (Wildman–Crippen LogP) is 4.71. The van der Waals surface area contributed by atoms with Crippen molar-refractivity contribution >= 4 is 23.2 Å². The highest BCUT2D eigenvalue weighted by Gasteiger charge is 2.31. The van der Waals surface area contributed by atoms with Gasteiger partial charge in [0.25, 0.3) is 12.3 Å². The number of anilines is 3. The maximum absolute atomic E-state index is 13.2. The Bertz CT molecular complexity index is 1100. The van der Waals surface area contributed by atoms with Crippen LogP contribution in [0.25, 0.3) is 0 Å². The zero-order chi connectivity index (χ0) is 24.0. The Morgan fingerprint density at radius 2 is 1.73 bits per heavy atom. The SMILES string of the molecule is O=C(Nc1cnccc1OC(F)C(F)F)c1ccnc(Nc2ccc(OC(F)(F)F)cc2)n1. The average Bonchev–Trinajstić information content (AvgIpc) is 2.75. The molecule has 3 aromatic rings. The summed E-state index contributed by atoms with van der Waals surface area (Å²) in [6, 6.07) is 6.99. The number of halogens is 6. The number of nitrogens with one attached hydrogen (secondary N) is 2. The van der Waals surface area contributed by atoms with Crippen molar-refractivity contribution in [2.45, 2.75) is 19.1 Å². The van der Waals surface area contributed by atoms with Gasteiger partial charge in [-0.3, -0.25) is 9.78 Å². The van der Waals surface area contributed by atoms with E-state index < -0.39 is 30.8 Å². The van der Waals surface area contributed by atoms with Crippen molar-refractivity contribution in [3.8, 4) is 11.5 Å². The summed E-state index contributed by atoms with van der Waals surface area (Å²) in [6.45, 7) is 0. The third-order valence-electron chi connectivity index (χ3n) is 3.70. The van der Waals surface area contributed by atoms with Crippen molar-refractivity contribution < 1.29 is 40.6 Å². The molecule has 0 fully saturated rings. The lowest BCUT2D eigenvalue weighted by molar-refractivity contribution is -0.274. The number of amides is 1. The number of pyridine rings is 1. The van der Waals surface area contributed by atoms with Crippen molar-refractivity contribution in [3.05, 3.63) is 60.7 Å². The van der Waals surface area contributed by atoms with Crippen LogP contribution in [-0.4, -0.2) is 40.0 Å². The van der Waals surface area contributed by atoms with E-state index in [0.29, 0.717) is 5.69 Å². The molecule has 174 valence electrons. The predicted molar refractivity (Wildman–Crippen MR) is 102 cm³/mol. The molecule has 0 radical (unpaired) electrons. The third-order valence-corrected chi connectivity index (χ3v) is 3.70. The molecule has 8 nitrogen and oxygen atoms in total. The number of hydrogen-bond donors (Lipinski definition) is 2. The van der Waals surface area contributed by atoms with Gasteiger partial charge in [-0.2, -0.15) is 4.39 Å². The molecule has 0 bridgehead atoms. The second-order valence-electron chi connectivity index (χ2n) is 6.09. The first kappa shape index (κ1) is 23.6. The number of benzene rings is 1. The average molecular weight is 473 g/mol. The largest absolute Gasteiger partial charge is 0.573 e. The number of carbonyl (C=O) groups excluding carboxylic acids is 1. The molecule has 1 aromatic carbocycles. The van der Waals surface area contributed by atoms with Crippen LogP contribution < -0.4 is 20.1 Å². The van der Waals surface area contributed by atoms with Gasteiger partial charge >= 0.3 is 12.8 Å². The van der Waals surface area contributed by atoms with E-state index in [1.807, 2.05) is 0 Å². The van der Waals surface area contributed by atoms with Gasteiger partial charge in [-0.25, -0.2) is 18.7 Å². The summed E-state index contributed by atoms with van der Waals surface area (Å²) in [5.41, 5.74) is -0.0600. The molecular formula is C19H13F6N5O3. The van der Waals surface area contributed by atoms with E-state index in [2.05, 4.69) is 35.1 Å². The summed E-state index contributed by atoms with van der Waals surface area (Å²) in [4.78, 5) is 24.1. The fourth-order valence-electron chi connectivity index (χ4n) is 2.35. The van der Waals surface area contributed by atoms with Gasteiger partial charge in [0.2, 0.25) is 5.95 Å². The lowest BCUT2D eigenvalue weighted by Gasteiger charge is -2.14. The molecule has 0 saturated heterocycles. The Kier molecular flexibility index (Phi) is 7.15. The highest BCUT2D eigenvalue weighted by atomic mass is 19.4. The van der Waals surface area contributed by atoms with Crippen molar-refractivity contribution in [2.24, 2.45) is 0 Å². The molecule has 0 aliphatic carbocycles. The van der Waals surface area contributed by atoms with Crippen LogP contribution in [0.1, 0.15) is 10.5 Å². The quantitative estimate of drug-likeness (QED) is 0.458. The van der Waals surface area contributed by atoms with Crippen LogP contribution in [0.15, 0.2) is 55.0 Å². The molecule has 14 heteroatoms. The van der Waals surface area contributed by atoms with Crippen LogP contribution in [-0.2, 0) is 0 Å². The Labute approximate surface area is 181 Å². The fourth-order valence-corrected chi connectivity index (χ4v) is 2.35. The molecule has 1 atom stereocenters. The van der Waals surface area contributed by atoms with Gasteiger partial charge in [-0.15, -0.1) is 13.2 Å². The zero-order valence-corrected chi connectivity index (χ0v) is 16.2. The van der Waals surface area contributed by atoms with Crippen LogP contribution in [0.2, 0.25) is 0 Å². The van der Waals surface area contributed by atoms with E-state index in [4.69, 9.17) is 0 Å². The Balaban J connectivity index is 1.69. The third kappa shape index (κ3) is 6.95. The Hall–Kier alpha value is -4.10. The molecule has 1 amide bonds. The molecule has 0 saturated carbocycles. The number of hydrogen-bond acceptors (Lipinski definition) is 7. The zero-order valence-electron chi connectivity index (χ0n) is 16.2. The number of alkyl halides is 6. The van der Waals surface area contributed by atoms with Crippen molar-refractivity contribution in [1.29, 1.82) is 0 Å². The van der Waals surface area contributed by atoms with Gasteiger partial charge in [-0.05, 0) is 30.3 Å². The number of carbonyl (C=O) groups is 1. The van der Waals surface area contributed by atoms with Gasteiger partial charge in [0, 0.05) is 24.1 Å². The first-order valence-corrected chi connectivity index (χ1v) is 8.91. The number of ether oxygens (including phenoxy) is 2. The van der Waals surface area contributed by atoms with Crippen LogP contribution in [0.5, 0.6) is 11.5 Å². The molecule has 2 heterocycles. The lowest BCUT2D eigenvalue weighted by atomic mass is 10.3. The summed E-state index contributed by atoms with van der Waals surface area (Å²) in [5.74, 6) is -1.70. The summed E-state index contributed by atoms with van der Waals surface area (Å²) >= 11 is 0. The topological polar surface area (TPSA) is 98.3 Å². The number of aromatic nitrogens is 3. The van der Waals surface area contributed by atoms with Crippen LogP contribution >= 0.6 is 0 Å². The monoisotopic (exact) mass is 473 g/mol. The van der Waals surface area contributed by atoms with E-state index in [9.17, 15) is 31.1 Å². The summed E-state index contributed by atoms with van der Waals surface area (Å²) in [7, 11) is 0. The second kappa shape index (κ2) is 10.0. The van der Waals surface area contributed by atoms with E-state index in [1.54, 1.807) is 0 Å². The molecule has 3 rings (SSSR count). The molecule has 1 unspecified atom stereocenters. The van der Waals surface area contributed by atoms with E-state index >= 15 is 0 Å². The van der Waals surface area contributed by atoms with E-state index in [1.165, 1.54) is 24.4 Å². The van der Waals surface area contributed by atoms with Gasteiger partial charge < -0.3 is 20.1 Å². The highest BCUT2D eigenvalue weighted by molar-refractivity contribution is 6.03. The molecule has 0 aliphatic heterocycles. The van der Waals surface area contributed by atoms with Crippen molar-refractivity contribution in [2.75, 3.05) is 10.6 Å². The maximum Gasteiger partial charge on any atom is 0.573 e. The maximum atomic E-state index is 13.2. The fraction of sp³-hybridized carbons (Fsp3) is 0.158. The first-order chi connectivity index (χ1) is 15.6. The molecule has 2 N–H and O–H groups in total. The minimum Gasteiger partial charge on any atom is -0.452 e. The molecule has 33 heavy (non-hydrogen) atoms. The first-order valence-electron chi connectivity index (χ1n) is 8.91. The Morgan fingerprint density at radius 3 is 2.39 bits per heavy atom. The summed E-state index contributed by atoms with van der Waals surface area (Å²) in [5, 5.41) is 5.01. The number of rotatable bonds is 8. The van der Waals surface area contributed by atoms with Gasteiger partial charge in [0.1, 0.15) is 22.9 Å². The molecular weight excluding hydrogens is 460 g/mol. The van der Waals surface area contributed by atoms with Gasteiger partial charge in [0.05, 0.1) is 6.20 Å². The van der Waals surface area contributed by atoms with Crippen LogP contribution in [0.4, 0.5) is 43.7 Å². The standard InChI is InChI=1S/C19H13F6N5O3/c20-15(21)16(22)32-14-6-7-26-9-13(14)29-17(31)12-5-8-27-18(30-12)28-10-1-3-11(4-2-10)33-19(23,24)25/h1-9,15-16H,(H,29,31)(H,27,28,30). The second-order valence-corrected chi connectivity index (χ2v) is 6.09. The minimum absolute atomic E-state index is 0.0728. The van der Waals surface area contributed by atoms with Crippen LogP contribution in [0.3, 0.4) is 0 Å². The van der Waals surface area contributed by atoms with Crippen LogP contribution in [0, 0.1) is 0 Å². The lowest BCUT2D eigenvalue weighted by Crippen LogP contribution is -2.21.